The van der Waals surface area contributed by atoms with E-state index in [-0.39, 0.29) is 5.56 Å². The van der Waals surface area contributed by atoms with Crippen molar-refractivity contribution in [3.05, 3.63) is 27.7 Å². The van der Waals surface area contributed by atoms with Crippen LogP contribution in [0.2, 0.25) is 0 Å². The number of aryl methyl sites for hydroxylation is 1. The lowest BCUT2D eigenvalue weighted by molar-refractivity contribution is -0.386. The first-order chi connectivity index (χ1) is 5.54. The van der Waals surface area contributed by atoms with Gasteiger partial charge in [-0.15, -0.1) is 0 Å². The molecule has 0 radical (unpaired) electrons. The molecule has 0 bridgehead atoms. The van der Waals surface area contributed by atoms with Crippen molar-refractivity contribution >= 4 is 11.7 Å². The number of aromatic carboxylic acids is 1. The zero-order chi connectivity index (χ0) is 9.30. The molecule has 1 N–H and O–H groups in total. The highest BCUT2D eigenvalue weighted by Crippen LogP contribution is 2.24. The zero-order valence-electron chi connectivity index (χ0n) is 6.10. The van der Waals surface area contributed by atoms with Gasteiger partial charge in [-0.2, -0.15) is 0 Å². The van der Waals surface area contributed by atoms with Gasteiger partial charge in [-0.25, -0.2) is 4.79 Å². The summed E-state index contributed by atoms with van der Waals surface area (Å²) < 4.78 is 4.48. The summed E-state index contributed by atoms with van der Waals surface area (Å²) in [4.78, 5) is 19.9. The lowest BCUT2D eigenvalue weighted by Crippen LogP contribution is -1.99. The number of rotatable bonds is 2. The Morgan fingerprint density at radius 1 is 1.75 bits per heavy atom. The summed E-state index contributed by atoms with van der Waals surface area (Å²) in [6, 6.07) is 0. The Balaban J connectivity index is 3.31. The molecule has 6 nitrogen and oxygen atoms in total. The van der Waals surface area contributed by atoms with Crippen molar-refractivity contribution in [3.63, 3.8) is 0 Å². The average Bonchev–Trinajstić information content (AvgIpc) is 2.30. The van der Waals surface area contributed by atoms with Gasteiger partial charge in [0.05, 0.1) is 10.5 Å². The summed E-state index contributed by atoms with van der Waals surface area (Å²) in [5.41, 5.74) is -0.278. The second kappa shape index (κ2) is 2.65. The first-order valence-corrected chi connectivity index (χ1v) is 2.99. The highest BCUT2D eigenvalue weighted by Gasteiger charge is 2.26. The molecule has 6 heteroatoms. The van der Waals surface area contributed by atoms with Crippen LogP contribution in [0.3, 0.4) is 0 Å². The number of nitrogens with zero attached hydrogens (tertiary/aromatic N) is 1. The fourth-order valence-electron chi connectivity index (χ4n) is 0.817. The molecule has 64 valence electrons. The molecule has 0 atom stereocenters. The number of hydrogen-bond acceptors (Lipinski definition) is 4. The van der Waals surface area contributed by atoms with Gasteiger partial charge < -0.3 is 9.52 Å². The normalized spacial score (nSPS) is 9.75. The summed E-state index contributed by atoms with van der Waals surface area (Å²) in [6.07, 6.45) is 1.04. The smallest absolute Gasteiger partial charge is 0.379 e. The van der Waals surface area contributed by atoms with E-state index in [4.69, 9.17) is 5.11 Å². The van der Waals surface area contributed by atoms with Crippen molar-refractivity contribution in [1.29, 1.82) is 0 Å². The van der Waals surface area contributed by atoms with Crippen LogP contribution in [0.15, 0.2) is 10.7 Å². The Morgan fingerprint density at radius 2 is 2.33 bits per heavy atom. The van der Waals surface area contributed by atoms with E-state index in [1.807, 2.05) is 0 Å². The summed E-state index contributed by atoms with van der Waals surface area (Å²) in [5.74, 6) is -2.06. The van der Waals surface area contributed by atoms with Crippen LogP contribution in [0.5, 0.6) is 0 Å². The van der Waals surface area contributed by atoms with E-state index >= 15 is 0 Å². The van der Waals surface area contributed by atoms with Crippen LogP contribution in [0.25, 0.3) is 0 Å². The van der Waals surface area contributed by atoms with E-state index < -0.39 is 22.3 Å². The minimum absolute atomic E-state index is 0.206. The van der Waals surface area contributed by atoms with Crippen molar-refractivity contribution in [2.24, 2.45) is 0 Å². The summed E-state index contributed by atoms with van der Waals surface area (Å²) >= 11 is 0. The first kappa shape index (κ1) is 8.25. The Kier molecular flexibility index (Phi) is 1.82. The second-order valence-electron chi connectivity index (χ2n) is 2.16. The molecule has 0 aliphatic heterocycles. The molecule has 1 aromatic rings. The summed E-state index contributed by atoms with van der Waals surface area (Å²) in [6.45, 7) is 1.41. The lowest BCUT2D eigenvalue weighted by Gasteiger charge is -1.88. The van der Waals surface area contributed by atoms with E-state index in [9.17, 15) is 14.9 Å². The summed E-state index contributed by atoms with van der Waals surface area (Å²) in [5, 5.41) is 18.7. The Morgan fingerprint density at radius 3 is 2.67 bits per heavy atom. The molecule has 1 aromatic heterocycles. The highest BCUT2D eigenvalue weighted by molar-refractivity contribution is 5.89. The van der Waals surface area contributed by atoms with Crippen LogP contribution in [0.1, 0.15) is 16.1 Å². The molecule has 0 aromatic carbocycles. The SMILES string of the molecule is Cc1coc(C(=O)O)c1[N+](=O)[O-]. The van der Waals surface area contributed by atoms with Gasteiger partial charge in [0.1, 0.15) is 6.26 Å². The third kappa shape index (κ3) is 1.14. The molecule has 0 aliphatic carbocycles. The maximum atomic E-state index is 10.3. The number of hydrogen-bond donors (Lipinski definition) is 1. The molecule has 1 heterocycles. The van der Waals surface area contributed by atoms with Gasteiger partial charge in [0.25, 0.3) is 5.76 Å². The Bertz CT molecular complexity index is 340. The predicted molar refractivity (Wildman–Crippen MR) is 37.1 cm³/mol. The van der Waals surface area contributed by atoms with Crippen LogP contribution < -0.4 is 0 Å². The number of furan rings is 1. The number of carboxylic acids is 1. The highest BCUT2D eigenvalue weighted by atomic mass is 16.6. The largest absolute Gasteiger partial charge is 0.475 e. The van der Waals surface area contributed by atoms with Gasteiger partial charge in [0, 0.05) is 0 Å². The third-order valence-corrected chi connectivity index (χ3v) is 1.32. The molecular formula is C6H5NO5. The van der Waals surface area contributed by atoms with E-state index in [1.165, 1.54) is 6.92 Å². The van der Waals surface area contributed by atoms with Gasteiger partial charge in [0.15, 0.2) is 0 Å². The molecule has 0 spiro atoms. The topological polar surface area (TPSA) is 93.6 Å². The van der Waals surface area contributed by atoms with E-state index in [0.29, 0.717) is 0 Å². The molecule has 12 heavy (non-hydrogen) atoms. The monoisotopic (exact) mass is 171 g/mol. The quantitative estimate of drug-likeness (QED) is 0.532. The molecule has 0 unspecified atom stereocenters. The molecule has 0 fully saturated rings. The van der Waals surface area contributed by atoms with Crippen LogP contribution in [-0.4, -0.2) is 16.0 Å². The number of nitro groups is 1. The molecule has 0 amide bonds. The van der Waals surface area contributed by atoms with Gasteiger partial charge in [-0.3, -0.25) is 10.1 Å². The molecule has 0 saturated carbocycles. The lowest BCUT2D eigenvalue weighted by atomic mass is 10.3. The fourth-order valence-corrected chi connectivity index (χ4v) is 0.817. The maximum Gasteiger partial charge on any atom is 0.379 e. The van der Waals surface area contributed by atoms with Crippen molar-refractivity contribution in [1.82, 2.24) is 0 Å². The van der Waals surface area contributed by atoms with E-state index in [2.05, 4.69) is 4.42 Å². The third-order valence-electron chi connectivity index (χ3n) is 1.32. The van der Waals surface area contributed by atoms with Crippen molar-refractivity contribution in [2.75, 3.05) is 0 Å². The Labute approximate surface area is 66.6 Å². The van der Waals surface area contributed by atoms with Crippen LogP contribution in [0.4, 0.5) is 5.69 Å². The standard InChI is InChI=1S/C6H5NO5/c1-3-2-12-5(6(8)9)4(3)7(10)11/h2H,1H3,(H,8,9). The Hall–Kier alpha value is -1.85. The van der Waals surface area contributed by atoms with Gasteiger partial charge in [0.2, 0.25) is 0 Å². The van der Waals surface area contributed by atoms with Crippen LogP contribution >= 0.6 is 0 Å². The average molecular weight is 171 g/mol. The van der Waals surface area contributed by atoms with Gasteiger partial charge >= 0.3 is 11.7 Å². The first-order valence-electron chi connectivity index (χ1n) is 2.99. The maximum absolute atomic E-state index is 10.3. The van der Waals surface area contributed by atoms with Crippen LogP contribution in [0, 0.1) is 17.0 Å². The number of carboxylic acid groups (broad SMARTS) is 1. The molecule has 1 rings (SSSR count). The predicted octanol–water partition coefficient (Wildman–Crippen LogP) is 1.19. The number of carbonyl (C=O) groups is 1. The fraction of sp³-hybridized carbons (Fsp3) is 0.167. The molecule has 0 aliphatic rings. The second-order valence-corrected chi connectivity index (χ2v) is 2.16. The van der Waals surface area contributed by atoms with Crippen molar-refractivity contribution in [2.45, 2.75) is 6.92 Å². The molecular weight excluding hydrogens is 166 g/mol. The van der Waals surface area contributed by atoms with Gasteiger partial charge in [-0.1, -0.05) is 0 Å². The van der Waals surface area contributed by atoms with Gasteiger partial charge in [-0.05, 0) is 6.92 Å². The zero-order valence-corrected chi connectivity index (χ0v) is 6.10. The van der Waals surface area contributed by atoms with E-state index in [0.717, 1.165) is 6.26 Å². The van der Waals surface area contributed by atoms with Crippen molar-refractivity contribution in [3.8, 4) is 0 Å². The van der Waals surface area contributed by atoms with Crippen molar-refractivity contribution < 1.29 is 19.2 Å². The minimum atomic E-state index is -1.44. The van der Waals surface area contributed by atoms with Crippen LogP contribution in [-0.2, 0) is 0 Å². The molecule has 0 saturated heterocycles. The minimum Gasteiger partial charge on any atom is -0.475 e. The summed E-state index contributed by atoms with van der Waals surface area (Å²) in [7, 11) is 0. The van der Waals surface area contributed by atoms with E-state index in [1.54, 1.807) is 0 Å².